The molecule has 1 saturated carbocycles. The van der Waals surface area contributed by atoms with Crippen molar-refractivity contribution in [3.8, 4) is 0 Å². The normalized spacial score (nSPS) is 29.5. The smallest absolute Gasteiger partial charge is 0.318 e. The molecule has 1 aromatic rings. The highest BCUT2D eigenvalue weighted by molar-refractivity contribution is 5.75. The molecule has 1 aliphatic carbocycles. The summed E-state index contributed by atoms with van der Waals surface area (Å²) in [5.41, 5.74) is 1.14. The number of aromatic amines is 1. The summed E-state index contributed by atoms with van der Waals surface area (Å²) in [6, 6.07) is 0.478. The van der Waals surface area contributed by atoms with Crippen LogP contribution in [0.25, 0.3) is 0 Å². The van der Waals surface area contributed by atoms with E-state index in [1.807, 2.05) is 17.3 Å². The lowest BCUT2D eigenvalue weighted by Gasteiger charge is -2.44. The molecule has 6 nitrogen and oxygen atoms in total. The average Bonchev–Trinajstić information content (AvgIpc) is 3.17. The fourth-order valence-corrected chi connectivity index (χ4v) is 4.92. The molecule has 6 heteroatoms. The van der Waals surface area contributed by atoms with Gasteiger partial charge in [-0.05, 0) is 44.9 Å². The van der Waals surface area contributed by atoms with Crippen molar-refractivity contribution in [3.05, 3.63) is 18.0 Å². The van der Waals surface area contributed by atoms with Crippen molar-refractivity contribution in [2.75, 3.05) is 13.2 Å². The van der Waals surface area contributed by atoms with Crippen LogP contribution in [0.5, 0.6) is 0 Å². The summed E-state index contributed by atoms with van der Waals surface area (Å²) in [6.45, 7) is 1.60. The minimum absolute atomic E-state index is 0.0281. The first-order valence-corrected chi connectivity index (χ1v) is 9.96. The van der Waals surface area contributed by atoms with Crippen LogP contribution in [0.15, 0.2) is 12.4 Å². The molecule has 2 saturated heterocycles. The Labute approximate surface area is 149 Å². The number of likely N-dealkylation sites (tertiary alicyclic amines) is 1. The van der Waals surface area contributed by atoms with Gasteiger partial charge in [-0.2, -0.15) is 5.10 Å². The quantitative estimate of drug-likeness (QED) is 0.860. The lowest BCUT2D eigenvalue weighted by atomic mass is 9.78. The van der Waals surface area contributed by atoms with Gasteiger partial charge < -0.3 is 15.0 Å². The third-order valence-electron chi connectivity index (χ3n) is 6.25. The summed E-state index contributed by atoms with van der Waals surface area (Å²) in [7, 11) is 0. The topological polar surface area (TPSA) is 70.2 Å². The Morgan fingerprint density at radius 1 is 1.24 bits per heavy atom. The van der Waals surface area contributed by atoms with Crippen LogP contribution in [0.4, 0.5) is 4.79 Å². The summed E-state index contributed by atoms with van der Waals surface area (Å²) < 4.78 is 6.17. The number of urea groups is 1. The van der Waals surface area contributed by atoms with Gasteiger partial charge in [-0.15, -0.1) is 0 Å². The Kier molecular flexibility index (Phi) is 4.97. The molecule has 2 amide bonds. The number of carbonyl (C=O) groups excluding carboxylic acids is 1. The fourth-order valence-electron chi connectivity index (χ4n) is 4.92. The van der Waals surface area contributed by atoms with Gasteiger partial charge in [0.2, 0.25) is 0 Å². The Balaban J connectivity index is 1.40. The SMILES string of the molecule is O=C(N[C@H]1CCOC2(CCCCC2)C1)N1CCCC[C@H]1c1cn[nH]c1. The second-order valence-electron chi connectivity index (χ2n) is 7.97. The molecule has 3 heterocycles. The molecule has 3 aliphatic rings. The number of nitrogens with zero attached hydrogens (tertiary/aromatic N) is 2. The number of rotatable bonds is 2. The van der Waals surface area contributed by atoms with Crippen LogP contribution in [-0.2, 0) is 4.74 Å². The third-order valence-corrected chi connectivity index (χ3v) is 6.25. The van der Waals surface area contributed by atoms with E-state index in [1.54, 1.807) is 0 Å². The van der Waals surface area contributed by atoms with Crippen LogP contribution in [0.3, 0.4) is 0 Å². The van der Waals surface area contributed by atoms with E-state index in [0.717, 1.165) is 57.2 Å². The van der Waals surface area contributed by atoms with E-state index in [9.17, 15) is 4.79 Å². The van der Waals surface area contributed by atoms with Crippen LogP contribution in [0.2, 0.25) is 0 Å². The predicted octanol–water partition coefficient (Wildman–Crippen LogP) is 3.53. The first-order valence-electron chi connectivity index (χ1n) is 9.96. The number of aromatic nitrogens is 2. The molecule has 0 aromatic carbocycles. The van der Waals surface area contributed by atoms with Crippen LogP contribution in [0, 0.1) is 0 Å². The maximum absolute atomic E-state index is 13.0. The molecule has 2 aliphatic heterocycles. The molecular weight excluding hydrogens is 316 g/mol. The van der Waals surface area contributed by atoms with Gasteiger partial charge in [0.1, 0.15) is 0 Å². The fraction of sp³-hybridized carbons (Fsp3) is 0.789. The highest BCUT2D eigenvalue weighted by atomic mass is 16.5. The van der Waals surface area contributed by atoms with Gasteiger partial charge in [-0.3, -0.25) is 5.10 Å². The standard InChI is InChI=1S/C19H30N4O2/c24-18(23-10-5-2-6-17(23)15-13-20-21-14-15)22-16-7-11-25-19(12-16)8-3-1-4-9-19/h13-14,16-17H,1-12H2,(H,20,21)(H,22,24)/t16-,17-/m0/s1. The first-order chi connectivity index (χ1) is 12.3. The first kappa shape index (κ1) is 16.9. The van der Waals surface area contributed by atoms with Crippen LogP contribution in [-0.4, -0.2) is 45.9 Å². The van der Waals surface area contributed by atoms with Gasteiger partial charge in [0, 0.05) is 31.0 Å². The van der Waals surface area contributed by atoms with Crippen molar-refractivity contribution in [2.24, 2.45) is 0 Å². The van der Waals surface area contributed by atoms with E-state index in [4.69, 9.17) is 4.74 Å². The third kappa shape index (κ3) is 3.68. The zero-order valence-electron chi connectivity index (χ0n) is 15.0. The number of hydrogen-bond donors (Lipinski definition) is 2. The van der Waals surface area contributed by atoms with Gasteiger partial charge in [0.15, 0.2) is 0 Å². The summed E-state index contributed by atoms with van der Waals surface area (Å²) in [5.74, 6) is 0. The molecule has 0 unspecified atom stereocenters. The number of H-pyrrole nitrogens is 1. The minimum atomic E-state index is 0.0281. The summed E-state index contributed by atoms with van der Waals surface area (Å²) in [6.07, 6.45) is 15.1. The molecule has 2 N–H and O–H groups in total. The Bertz CT molecular complexity index is 562. The molecule has 25 heavy (non-hydrogen) atoms. The predicted molar refractivity (Wildman–Crippen MR) is 95.2 cm³/mol. The number of carbonyl (C=O) groups is 1. The number of nitrogens with one attached hydrogen (secondary N) is 2. The maximum atomic E-state index is 13.0. The van der Waals surface area contributed by atoms with Crippen molar-refractivity contribution in [2.45, 2.75) is 81.9 Å². The van der Waals surface area contributed by atoms with Crippen LogP contribution in [0.1, 0.15) is 75.8 Å². The second-order valence-corrected chi connectivity index (χ2v) is 7.97. The maximum Gasteiger partial charge on any atom is 0.318 e. The Morgan fingerprint density at radius 3 is 2.92 bits per heavy atom. The van der Waals surface area contributed by atoms with E-state index in [-0.39, 0.29) is 23.7 Å². The minimum Gasteiger partial charge on any atom is -0.375 e. The highest BCUT2D eigenvalue weighted by Gasteiger charge is 2.39. The average molecular weight is 346 g/mol. The van der Waals surface area contributed by atoms with Gasteiger partial charge in [-0.1, -0.05) is 19.3 Å². The molecule has 0 radical (unpaired) electrons. The number of piperidine rings is 1. The van der Waals surface area contributed by atoms with Crippen LogP contribution < -0.4 is 5.32 Å². The van der Waals surface area contributed by atoms with E-state index in [0.29, 0.717) is 0 Å². The second kappa shape index (κ2) is 7.36. The Morgan fingerprint density at radius 2 is 2.12 bits per heavy atom. The zero-order valence-corrected chi connectivity index (χ0v) is 15.0. The largest absolute Gasteiger partial charge is 0.375 e. The van der Waals surface area contributed by atoms with Gasteiger partial charge >= 0.3 is 6.03 Å². The lowest BCUT2D eigenvalue weighted by molar-refractivity contribution is -0.108. The lowest BCUT2D eigenvalue weighted by Crippen LogP contribution is -2.53. The van der Waals surface area contributed by atoms with E-state index in [1.165, 1.54) is 25.7 Å². The van der Waals surface area contributed by atoms with Crippen molar-refractivity contribution in [1.82, 2.24) is 20.4 Å². The highest BCUT2D eigenvalue weighted by Crippen LogP contribution is 2.39. The molecular formula is C19H30N4O2. The monoisotopic (exact) mass is 346 g/mol. The molecule has 0 bridgehead atoms. The Hall–Kier alpha value is -1.56. The zero-order chi connectivity index (χ0) is 17.1. The number of ether oxygens (including phenoxy) is 1. The van der Waals surface area contributed by atoms with Crippen molar-refractivity contribution in [1.29, 1.82) is 0 Å². The van der Waals surface area contributed by atoms with Gasteiger partial charge in [0.25, 0.3) is 0 Å². The van der Waals surface area contributed by atoms with Crippen molar-refractivity contribution < 1.29 is 9.53 Å². The molecule has 2 atom stereocenters. The van der Waals surface area contributed by atoms with E-state index >= 15 is 0 Å². The van der Waals surface area contributed by atoms with Crippen molar-refractivity contribution >= 4 is 6.03 Å². The molecule has 3 fully saturated rings. The van der Waals surface area contributed by atoms with E-state index < -0.39 is 0 Å². The summed E-state index contributed by atoms with van der Waals surface area (Å²) in [4.78, 5) is 15.0. The molecule has 4 rings (SSSR count). The summed E-state index contributed by atoms with van der Waals surface area (Å²) in [5, 5.41) is 10.3. The van der Waals surface area contributed by atoms with Crippen molar-refractivity contribution in [3.63, 3.8) is 0 Å². The number of hydrogen-bond acceptors (Lipinski definition) is 3. The number of amides is 2. The molecule has 1 spiro atoms. The van der Waals surface area contributed by atoms with Gasteiger partial charge in [0.05, 0.1) is 17.8 Å². The summed E-state index contributed by atoms with van der Waals surface area (Å²) >= 11 is 0. The van der Waals surface area contributed by atoms with Gasteiger partial charge in [-0.25, -0.2) is 4.79 Å². The van der Waals surface area contributed by atoms with Crippen LogP contribution >= 0.6 is 0 Å². The molecule has 1 aromatic heterocycles. The van der Waals surface area contributed by atoms with E-state index in [2.05, 4.69) is 15.5 Å². The molecule has 138 valence electrons.